The van der Waals surface area contributed by atoms with Gasteiger partial charge in [-0.3, -0.25) is 0 Å². The number of ether oxygens (including phenoxy) is 2. The van der Waals surface area contributed by atoms with Gasteiger partial charge in [-0.2, -0.15) is 0 Å². The maximum absolute atomic E-state index is 10.2. The van der Waals surface area contributed by atoms with Crippen LogP contribution in [0.25, 0.3) is 22.3 Å². The first-order chi connectivity index (χ1) is 10.6. The van der Waals surface area contributed by atoms with Crippen LogP contribution in [0.4, 0.5) is 0 Å². The molecule has 6 heteroatoms. The van der Waals surface area contributed by atoms with Crippen molar-refractivity contribution < 1.29 is 29.2 Å². The van der Waals surface area contributed by atoms with E-state index in [-0.39, 0.29) is 29.6 Å². The van der Waals surface area contributed by atoms with E-state index in [1.54, 1.807) is 12.1 Å². The molecule has 3 N–H and O–H groups in total. The van der Waals surface area contributed by atoms with Crippen molar-refractivity contribution in [3.8, 4) is 40.1 Å². The lowest BCUT2D eigenvalue weighted by Crippen LogP contribution is -2.03. The van der Waals surface area contributed by atoms with E-state index in [1.165, 1.54) is 19.2 Å². The number of fused-ring (bicyclic) bond motifs is 5. The van der Waals surface area contributed by atoms with Gasteiger partial charge in [-0.05, 0) is 12.1 Å². The van der Waals surface area contributed by atoms with Gasteiger partial charge in [0.15, 0.2) is 11.5 Å². The van der Waals surface area contributed by atoms with E-state index in [2.05, 4.69) is 0 Å². The topological polar surface area (TPSA) is 92.3 Å². The number of furan rings is 1. The van der Waals surface area contributed by atoms with Crippen LogP contribution in [-0.4, -0.2) is 22.4 Å². The van der Waals surface area contributed by atoms with Crippen LogP contribution < -0.4 is 9.47 Å². The monoisotopic (exact) mass is 300 g/mol. The summed E-state index contributed by atoms with van der Waals surface area (Å²) < 4.78 is 16.5. The minimum atomic E-state index is -0.328. The van der Waals surface area contributed by atoms with E-state index in [9.17, 15) is 15.3 Å². The fourth-order valence-corrected chi connectivity index (χ4v) is 2.75. The summed E-state index contributed by atoms with van der Waals surface area (Å²) in [5.74, 6) is 0.585. The molecule has 1 aliphatic heterocycles. The van der Waals surface area contributed by atoms with Gasteiger partial charge in [0.05, 0.1) is 18.1 Å². The fraction of sp³-hybridized carbons (Fsp3) is 0.125. The number of hydrogen-bond acceptors (Lipinski definition) is 6. The Labute approximate surface area is 124 Å². The van der Waals surface area contributed by atoms with Gasteiger partial charge >= 0.3 is 0 Å². The van der Waals surface area contributed by atoms with Crippen molar-refractivity contribution in [3.05, 3.63) is 29.8 Å². The van der Waals surface area contributed by atoms with E-state index in [4.69, 9.17) is 13.9 Å². The molecular weight excluding hydrogens is 288 g/mol. The lowest BCUT2D eigenvalue weighted by atomic mass is 10.0. The average molecular weight is 300 g/mol. The third-order valence-corrected chi connectivity index (χ3v) is 3.79. The largest absolute Gasteiger partial charge is 0.507 e. The molecule has 0 saturated heterocycles. The van der Waals surface area contributed by atoms with E-state index in [0.717, 1.165) is 0 Å². The molecule has 1 aliphatic rings. The van der Waals surface area contributed by atoms with Crippen LogP contribution in [0.5, 0.6) is 28.7 Å². The number of phenolic OH excluding ortho intramolecular Hbond substituents is 3. The van der Waals surface area contributed by atoms with Crippen molar-refractivity contribution in [3.63, 3.8) is 0 Å². The molecule has 0 spiro atoms. The second-order valence-corrected chi connectivity index (χ2v) is 5.03. The SMILES string of the molecule is COc1cc(O)c2c3c(oc2c1)-c1ccc(O)c(O)c1OC3. The molecule has 6 nitrogen and oxygen atoms in total. The smallest absolute Gasteiger partial charge is 0.201 e. The Bertz CT molecular complexity index is 909. The predicted octanol–water partition coefficient (Wildman–Crippen LogP) is 3.12. The Balaban J connectivity index is 2.04. The molecule has 0 saturated carbocycles. The van der Waals surface area contributed by atoms with E-state index >= 15 is 0 Å². The summed E-state index contributed by atoms with van der Waals surface area (Å²) in [6.07, 6.45) is 0. The number of methoxy groups -OCH3 is 1. The lowest BCUT2D eigenvalue weighted by Gasteiger charge is -2.18. The van der Waals surface area contributed by atoms with Gasteiger partial charge in [-0.1, -0.05) is 0 Å². The summed E-state index contributed by atoms with van der Waals surface area (Å²) in [5.41, 5.74) is 1.67. The Morgan fingerprint density at radius 1 is 1.09 bits per heavy atom. The molecule has 0 bridgehead atoms. The molecule has 112 valence electrons. The first-order valence-electron chi connectivity index (χ1n) is 6.60. The molecule has 2 heterocycles. The van der Waals surface area contributed by atoms with Crippen LogP contribution >= 0.6 is 0 Å². The zero-order chi connectivity index (χ0) is 15.4. The zero-order valence-corrected chi connectivity index (χ0v) is 11.6. The maximum Gasteiger partial charge on any atom is 0.201 e. The summed E-state index contributed by atoms with van der Waals surface area (Å²) in [5, 5.41) is 30.2. The van der Waals surface area contributed by atoms with Gasteiger partial charge in [0.2, 0.25) is 5.75 Å². The van der Waals surface area contributed by atoms with E-state index in [1.807, 2.05) is 0 Å². The summed E-state index contributed by atoms with van der Waals surface area (Å²) in [7, 11) is 1.50. The van der Waals surface area contributed by atoms with Crippen LogP contribution in [0.3, 0.4) is 0 Å². The van der Waals surface area contributed by atoms with Crippen molar-refractivity contribution in [1.82, 2.24) is 0 Å². The predicted molar refractivity (Wildman–Crippen MR) is 77.5 cm³/mol. The van der Waals surface area contributed by atoms with Gasteiger partial charge in [0, 0.05) is 17.7 Å². The van der Waals surface area contributed by atoms with Crippen molar-refractivity contribution in [2.75, 3.05) is 7.11 Å². The molecule has 3 aromatic rings. The van der Waals surface area contributed by atoms with E-state index in [0.29, 0.717) is 33.6 Å². The molecule has 4 rings (SSSR count). The van der Waals surface area contributed by atoms with Gasteiger partial charge < -0.3 is 29.2 Å². The molecule has 0 aliphatic carbocycles. The Morgan fingerprint density at radius 3 is 2.68 bits per heavy atom. The van der Waals surface area contributed by atoms with Crippen LogP contribution in [0.1, 0.15) is 5.56 Å². The molecule has 2 aromatic carbocycles. The third kappa shape index (κ3) is 1.54. The number of aromatic hydroxyl groups is 3. The molecule has 0 fully saturated rings. The number of benzene rings is 2. The normalized spacial score (nSPS) is 12.6. The van der Waals surface area contributed by atoms with Gasteiger partial charge in [-0.15, -0.1) is 0 Å². The number of hydrogen-bond donors (Lipinski definition) is 3. The highest BCUT2D eigenvalue weighted by atomic mass is 16.5. The van der Waals surface area contributed by atoms with Gasteiger partial charge in [-0.25, -0.2) is 0 Å². The van der Waals surface area contributed by atoms with Crippen LogP contribution in [0.2, 0.25) is 0 Å². The average Bonchev–Trinajstić information content (AvgIpc) is 2.89. The molecule has 0 amide bonds. The number of phenols is 3. The first kappa shape index (κ1) is 12.7. The maximum atomic E-state index is 10.2. The van der Waals surface area contributed by atoms with Crippen LogP contribution in [-0.2, 0) is 6.61 Å². The summed E-state index contributed by atoms with van der Waals surface area (Å²) in [6, 6.07) is 6.13. The van der Waals surface area contributed by atoms with Gasteiger partial charge in [0.25, 0.3) is 0 Å². The fourth-order valence-electron chi connectivity index (χ4n) is 2.75. The molecule has 1 aromatic heterocycles. The minimum Gasteiger partial charge on any atom is -0.507 e. The Kier molecular flexibility index (Phi) is 2.45. The number of rotatable bonds is 1. The molecule has 0 radical (unpaired) electrons. The Morgan fingerprint density at radius 2 is 1.91 bits per heavy atom. The van der Waals surface area contributed by atoms with Crippen molar-refractivity contribution >= 4 is 11.0 Å². The summed E-state index contributed by atoms with van der Waals surface area (Å²) in [6.45, 7) is 0.117. The first-order valence-corrected chi connectivity index (χ1v) is 6.60. The highest BCUT2D eigenvalue weighted by Gasteiger charge is 2.29. The zero-order valence-electron chi connectivity index (χ0n) is 11.6. The quantitative estimate of drug-likeness (QED) is 0.598. The minimum absolute atomic E-state index is 0.0365. The third-order valence-electron chi connectivity index (χ3n) is 3.79. The highest BCUT2D eigenvalue weighted by molar-refractivity contribution is 5.95. The highest BCUT2D eigenvalue weighted by Crippen LogP contribution is 2.50. The van der Waals surface area contributed by atoms with E-state index < -0.39 is 0 Å². The molecule has 0 unspecified atom stereocenters. The molecule has 22 heavy (non-hydrogen) atoms. The molecule has 0 atom stereocenters. The van der Waals surface area contributed by atoms with Crippen molar-refractivity contribution in [2.24, 2.45) is 0 Å². The van der Waals surface area contributed by atoms with Crippen molar-refractivity contribution in [2.45, 2.75) is 6.61 Å². The van der Waals surface area contributed by atoms with Crippen LogP contribution in [0.15, 0.2) is 28.7 Å². The molecular formula is C16H12O6. The summed E-state index contributed by atoms with van der Waals surface area (Å²) in [4.78, 5) is 0. The second kappa shape index (κ2) is 4.24. The lowest BCUT2D eigenvalue weighted by molar-refractivity contribution is 0.277. The van der Waals surface area contributed by atoms with Crippen molar-refractivity contribution in [1.29, 1.82) is 0 Å². The second-order valence-electron chi connectivity index (χ2n) is 5.03. The standard InChI is InChI=1S/C16H12O6/c1-20-7-4-11(18)13-9-6-21-16-8(2-3-10(17)14(16)19)15(9)22-12(13)5-7/h2-5,17-19H,6H2,1H3. The van der Waals surface area contributed by atoms with Crippen LogP contribution in [0, 0.1) is 0 Å². The summed E-state index contributed by atoms with van der Waals surface area (Å²) >= 11 is 0. The Hall–Kier alpha value is -3.02. The van der Waals surface area contributed by atoms with Gasteiger partial charge in [0.1, 0.15) is 29.4 Å².